The fraction of sp³-hybridized carbons (Fsp3) is 0.227. The van der Waals surface area contributed by atoms with Gasteiger partial charge in [0.1, 0.15) is 0 Å². The van der Waals surface area contributed by atoms with Gasteiger partial charge in [-0.1, -0.05) is 359 Å². The van der Waals surface area contributed by atoms with Gasteiger partial charge in [0.05, 0.1) is 0 Å². The van der Waals surface area contributed by atoms with Crippen molar-refractivity contribution in [2.24, 2.45) is 0 Å². The fourth-order valence-electron chi connectivity index (χ4n) is 11.8. The van der Waals surface area contributed by atoms with Gasteiger partial charge in [0, 0.05) is 0 Å². The molecule has 0 radical (unpaired) electrons. The average Bonchev–Trinajstić information content (AvgIpc) is 1.52. The predicted octanol–water partition coefficient (Wildman–Crippen LogP) is 28.9. The van der Waals surface area contributed by atoms with Gasteiger partial charge in [-0.2, -0.15) is 0 Å². The molecule has 0 amide bonds. The van der Waals surface area contributed by atoms with Gasteiger partial charge in [-0.3, -0.25) is 0 Å². The van der Waals surface area contributed by atoms with Gasteiger partial charge in [0.25, 0.3) is 0 Å². The standard InChI is InChI=1S/2C19H14.2C17H12.8C2H6/c1-13-5-4-8-18-16(13)12-11-15-10-9-14-6-2-3-7-17(14)19(15)18;1-13-6-7-15-9-11-16-10-8-14-4-2-3-5-17(14)19(16)18(15)12-13;1-11-10-14-6-2-4-12-8-9-13-5-3-7-15(11)17(13)16(12)14;1-11-9-14-7-5-12-3-2-4-13-6-8-15(10-11)17(14)16(12)13;8*1-2/h2*2-12H,1H3;2*2-10H,1H3;8*1-2H3. The molecule has 0 N–H and O–H groups in total. The number of hydrogen-bond donors (Lipinski definition) is 0. The molecule has 16 rings (SSSR count). The summed E-state index contributed by atoms with van der Waals surface area (Å²) < 4.78 is 0. The maximum atomic E-state index is 2.30. The maximum Gasteiger partial charge on any atom is -0.00241 e. The lowest BCUT2D eigenvalue weighted by Crippen LogP contribution is -1.85. The van der Waals surface area contributed by atoms with E-state index in [2.05, 4.69) is 270 Å². The molecule has 0 atom stereocenters. The van der Waals surface area contributed by atoms with Crippen molar-refractivity contribution in [1.29, 1.82) is 0 Å². The van der Waals surface area contributed by atoms with Crippen LogP contribution in [0.4, 0.5) is 0 Å². The molecule has 0 heterocycles. The third-order valence-corrected chi connectivity index (χ3v) is 15.2. The summed E-state index contributed by atoms with van der Waals surface area (Å²) in [7, 11) is 0. The highest BCUT2D eigenvalue weighted by molar-refractivity contribution is 6.25. The second-order valence-corrected chi connectivity index (χ2v) is 19.8. The Bertz CT molecular complexity index is 4570. The molecule has 16 aromatic carbocycles. The topological polar surface area (TPSA) is 0 Å². The molecule has 0 unspecified atom stereocenters. The van der Waals surface area contributed by atoms with E-state index < -0.39 is 0 Å². The SMILES string of the molecule is CC.CC.CC.CC.CC.CC.CC.CC.Cc1cc2ccc3cccc4ccc(c1)c2c34.Cc1cc2cccc3ccc4cccc1c4c32.Cc1ccc2ccc3ccc4ccccc4c3c2c1.Cc1cccc2c1ccc1ccc3ccccc3c12. The molecular weight excluding hydrogens is 1060 g/mol. The molecule has 0 aliphatic heterocycles. The first-order valence-corrected chi connectivity index (χ1v) is 33.2. The van der Waals surface area contributed by atoms with Crippen LogP contribution in [0.2, 0.25) is 0 Å². The van der Waals surface area contributed by atoms with Crippen LogP contribution in [-0.4, -0.2) is 0 Å². The van der Waals surface area contributed by atoms with Crippen molar-refractivity contribution in [3.8, 4) is 0 Å². The van der Waals surface area contributed by atoms with Crippen molar-refractivity contribution in [1.82, 2.24) is 0 Å². The van der Waals surface area contributed by atoms with E-state index in [1.54, 1.807) is 0 Å². The van der Waals surface area contributed by atoms with Crippen LogP contribution in [-0.2, 0) is 0 Å². The van der Waals surface area contributed by atoms with Crippen molar-refractivity contribution < 1.29 is 0 Å². The number of rotatable bonds is 0. The molecule has 16 aromatic rings. The van der Waals surface area contributed by atoms with E-state index in [9.17, 15) is 0 Å². The number of aryl methyl sites for hydroxylation is 4. The van der Waals surface area contributed by atoms with E-state index in [1.807, 2.05) is 111 Å². The lowest BCUT2D eigenvalue weighted by molar-refractivity contribution is 1.50. The van der Waals surface area contributed by atoms with Gasteiger partial charge in [0.2, 0.25) is 0 Å². The van der Waals surface area contributed by atoms with E-state index >= 15 is 0 Å². The molecular formula is C88H100. The molecule has 0 saturated heterocycles. The molecule has 0 aromatic heterocycles. The Morgan fingerprint density at radius 3 is 0.943 bits per heavy atom. The molecule has 0 saturated carbocycles. The molecule has 0 heteroatoms. The molecule has 0 aliphatic rings. The minimum atomic E-state index is 1.31. The minimum absolute atomic E-state index is 1.31. The summed E-state index contributed by atoms with van der Waals surface area (Å²) in [6.07, 6.45) is 0. The smallest absolute Gasteiger partial charge is 0.00241 e. The summed E-state index contributed by atoms with van der Waals surface area (Å²) in [6.45, 7) is 40.7. The van der Waals surface area contributed by atoms with Gasteiger partial charge in [0.15, 0.2) is 0 Å². The number of fused-ring (bicyclic) bond motifs is 10. The molecule has 0 fully saturated rings. The van der Waals surface area contributed by atoms with Gasteiger partial charge >= 0.3 is 0 Å². The third-order valence-electron chi connectivity index (χ3n) is 15.2. The van der Waals surface area contributed by atoms with Crippen LogP contribution >= 0.6 is 0 Å². The van der Waals surface area contributed by atoms with Crippen LogP contribution in [0.15, 0.2) is 243 Å². The van der Waals surface area contributed by atoms with Gasteiger partial charge < -0.3 is 0 Å². The zero-order chi connectivity index (χ0) is 64.5. The van der Waals surface area contributed by atoms with E-state index in [0.717, 1.165) is 0 Å². The number of hydrogen-bond acceptors (Lipinski definition) is 0. The summed E-state index contributed by atoms with van der Waals surface area (Å²) in [5, 5.41) is 32.5. The van der Waals surface area contributed by atoms with Crippen molar-refractivity contribution in [3.63, 3.8) is 0 Å². The lowest BCUT2D eigenvalue weighted by atomic mass is 9.92. The molecule has 0 bridgehead atoms. The molecule has 88 heavy (non-hydrogen) atoms. The Labute approximate surface area is 529 Å². The monoisotopic (exact) mass is 1160 g/mol. The quantitative estimate of drug-likeness (QED) is 0.133. The Balaban J connectivity index is 0.000000198. The summed E-state index contributed by atoms with van der Waals surface area (Å²) in [5.74, 6) is 0. The van der Waals surface area contributed by atoms with E-state index in [0.29, 0.717) is 0 Å². The molecule has 0 nitrogen and oxygen atoms in total. The maximum absolute atomic E-state index is 2.30. The van der Waals surface area contributed by atoms with Crippen LogP contribution in [0, 0.1) is 27.7 Å². The lowest BCUT2D eigenvalue weighted by Gasteiger charge is -2.12. The largest absolute Gasteiger partial charge is 0.0683 e. The Hall–Kier alpha value is -8.84. The van der Waals surface area contributed by atoms with Crippen LogP contribution in [0.1, 0.15) is 133 Å². The Morgan fingerprint density at radius 2 is 0.443 bits per heavy atom. The fourth-order valence-corrected chi connectivity index (χ4v) is 11.8. The summed E-state index contributed by atoms with van der Waals surface area (Å²) in [6, 6.07) is 88.1. The van der Waals surface area contributed by atoms with Crippen molar-refractivity contribution in [2.45, 2.75) is 138 Å². The predicted molar refractivity (Wildman–Crippen MR) is 408 cm³/mol. The van der Waals surface area contributed by atoms with Crippen LogP contribution in [0.3, 0.4) is 0 Å². The minimum Gasteiger partial charge on any atom is -0.0683 e. The normalized spacial score (nSPS) is 10.0. The second-order valence-electron chi connectivity index (χ2n) is 19.8. The van der Waals surface area contributed by atoms with Crippen LogP contribution in [0.5, 0.6) is 0 Å². The molecule has 452 valence electrons. The first-order valence-electron chi connectivity index (χ1n) is 33.2. The zero-order valence-corrected chi connectivity index (χ0v) is 57.1. The third kappa shape index (κ3) is 14.9. The molecule has 0 aliphatic carbocycles. The van der Waals surface area contributed by atoms with Crippen molar-refractivity contribution in [3.05, 3.63) is 265 Å². The highest BCUT2D eigenvalue weighted by atomic mass is 14.1. The highest BCUT2D eigenvalue weighted by Crippen LogP contribution is 2.38. The number of benzene rings is 16. The Morgan fingerprint density at radius 1 is 0.148 bits per heavy atom. The van der Waals surface area contributed by atoms with E-state index in [1.165, 1.54) is 152 Å². The van der Waals surface area contributed by atoms with Gasteiger partial charge in [-0.05, 0) is 174 Å². The summed E-state index contributed by atoms with van der Waals surface area (Å²) >= 11 is 0. The van der Waals surface area contributed by atoms with Gasteiger partial charge in [-0.15, -0.1) is 0 Å². The zero-order valence-electron chi connectivity index (χ0n) is 57.1. The van der Waals surface area contributed by atoms with Crippen LogP contribution in [0.25, 0.3) is 129 Å². The first-order chi connectivity index (χ1) is 43.3. The summed E-state index contributed by atoms with van der Waals surface area (Å²) in [5.41, 5.74) is 5.35. The van der Waals surface area contributed by atoms with Gasteiger partial charge in [-0.25, -0.2) is 0 Å². The van der Waals surface area contributed by atoms with Crippen LogP contribution < -0.4 is 0 Å². The van der Waals surface area contributed by atoms with E-state index in [4.69, 9.17) is 0 Å². The summed E-state index contributed by atoms with van der Waals surface area (Å²) in [4.78, 5) is 0. The van der Waals surface area contributed by atoms with Crippen molar-refractivity contribution >= 4 is 129 Å². The Kier molecular flexibility index (Phi) is 27.9. The molecule has 0 spiro atoms. The van der Waals surface area contributed by atoms with E-state index in [-0.39, 0.29) is 0 Å². The van der Waals surface area contributed by atoms with Crippen molar-refractivity contribution in [2.75, 3.05) is 0 Å². The second kappa shape index (κ2) is 35.1. The first kappa shape index (κ1) is 69.9. The highest BCUT2D eigenvalue weighted by Gasteiger charge is 2.11. The average molecular weight is 1160 g/mol.